The number of rotatable bonds is 2. The average Bonchev–Trinajstić information content (AvgIpc) is 2.00. The van der Waals surface area contributed by atoms with Crippen molar-refractivity contribution in [3.05, 3.63) is 11.6 Å². The highest BCUT2D eigenvalue weighted by atomic mass is 16.1. The molecule has 0 aromatic heterocycles. The van der Waals surface area contributed by atoms with Crippen LogP contribution in [0.1, 0.15) is 46.0 Å². The van der Waals surface area contributed by atoms with Crippen LogP contribution in [0.15, 0.2) is 11.6 Å². The van der Waals surface area contributed by atoms with Gasteiger partial charge in [0.2, 0.25) is 0 Å². The zero-order valence-corrected chi connectivity index (χ0v) is 9.25. The maximum absolute atomic E-state index is 11.0. The lowest BCUT2D eigenvalue weighted by Crippen LogP contribution is -2.27. The molecule has 1 atom stereocenters. The summed E-state index contributed by atoms with van der Waals surface area (Å²) in [5.41, 5.74) is 1.78. The molecule has 0 heterocycles. The van der Waals surface area contributed by atoms with Crippen LogP contribution in [0.2, 0.25) is 0 Å². The Kier molecular flexibility index (Phi) is 2.50. The van der Waals surface area contributed by atoms with Crippen LogP contribution in [-0.4, -0.2) is 6.29 Å². The minimum absolute atomic E-state index is 0.244. The van der Waals surface area contributed by atoms with Crippen LogP contribution in [0.4, 0.5) is 0 Å². The van der Waals surface area contributed by atoms with Gasteiger partial charge >= 0.3 is 0 Å². The first-order chi connectivity index (χ1) is 6.62. The second kappa shape index (κ2) is 3.52. The third kappa shape index (κ3) is 1.77. The maximum atomic E-state index is 11.0. The lowest BCUT2D eigenvalue weighted by atomic mass is 9.67. The van der Waals surface area contributed by atoms with Gasteiger partial charge in [0.05, 0.1) is 0 Å². The first-order valence-corrected chi connectivity index (χ1v) is 5.80. The highest BCUT2D eigenvalue weighted by Gasteiger charge is 2.33. The summed E-state index contributed by atoms with van der Waals surface area (Å²) in [6.45, 7) is 4.57. The SMILES string of the molecule is CC1(C)C=C(C2CCC2)C(C=O)CC1. The molecule has 1 nitrogen and oxygen atoms in total. The van der Waals surface area contributed by atoms with Gasteiger partial charge in [-0.3, -0.25) is 0 Å². The Morgan fingerprint density at radius 2 is 2.07 bits per heavy atom. The molecular weight excluding hydrogens is 172 g/mol. The minimum atomic E-state index is 0.244. The largest absolute Gasteiger partial charge is 0.303 e. The van der Waals surface area contributed by atoms with Gasteiger partial charge in [0, 0.05) is 5.92 Å². The van der Waals surface area contributed by atoms with E-state index in [4.69, 9.17) is 0 Å². The third-order valence-electron chi connectivity index (χ3n) is 3.83. The summed E-state index contributed by atoms with van der Waals surface area (Å²) in [6.07, 6.45) is 9.76. The second-order valence-corrected chi connectivity index (χ2v) is 5.54. The van der Waals surface area contributed by atoms with Crippen molar-refractivity contribution in [2.24, 2.45) is 17.3 Å². The van der Waals surface area contributed by atoms with Crippen molar-refractivity contribution in [2.45, 2.75) is 46.0 Å². The molecule has 1 unspecified atom stereocenters. The van der Waals surface area contributed by atoms with Crippen LogP contribution in [0.25, 0.3) is 0 Å². The molecule has 14 heavy (non-hydrogen) atoms. The highest BCUT2D eigenvalue weighted by molar-refractivity contribution is 5.60. The molecule has 0 N–H and O–H groups in total. The first kappa shape index (κ1) is 9.95. The minimum Gasteiger partial charge on any atom is -0.303 e. The fourth-order valence-electron chi connectivity index (χ4n) is 2.63. The van der Waals surface area contributed by atoms with E-state index >= 15 is 0 Å². The van der Waals surface area contributed by atoms with Crippen LogP contribution < -0.4 is 0 Å². The predicted molar refractivity (Wildman–Crippen MR) is 58.0 cm³/mol. The lowest BCUT2D eigenvalue weighted by molar-refractivity contribution is -0.110. The fraction of sp³-hybridized carbons (Fsp3) is 0.769. The van der Waals surface area contributed by atoms with Gasteiger partial charge in [-0.15, -0.1) is 0 Å². The standard InChI is InChI=1S/C13H20O/c1-13(2)7-6-11(9-14)12(8-13)10-4-3-5-10/h8-11H,3-7H2,1-2H3. The maximum Gasteiger partial charge on any atom is 0.127 e. The fourth-order valence-corrected chi connectivity index (χ4v) is 2.63. The van der Waals surface area contributed by atoms with Gasteiger partial charge in [-0.25, -0.2) is 0 Å². The van der Waals surface area contributed by atoms with Crippen LogP contribution in [0.5, 0.6) is 0 Å². The number of aldehydes is 1. The smallest absolute Gasteiger partial charge is 0.127 e. The van der Waals surface area contributed by atoms with E-state index in [1.54, 1.807) is 0 Å². The molecule has 0 aliphatic heterocycles. The van der Waals surface area contributed by atoms with E-state index in [2.05, 4.69) is 19.9 Å². The summed E-state index contributed by atoms with van der Waals surface area (Å²) in [6, 6.07) is 0. The van der Waals surface area contributed by atoms with Crippen molar-refractivity contribution in [1.82, 2.24) is 0 Å². The molecule has 0 radical (unpaired) electrons. The molecule has 0 aromatic carbocycles. The Bertz CT molecular complexity index is 258. The summed E-state index contributed by atoms with van der Waals surface area (Å²) < 4.78 is 0. The molecule has 0 saturated heterocycles. The van der Waals surface area contributed by atoms with Crippen molar-refractivity contribution < 1.29 is 4.79 Å². The van der Waals surface area contributed by atoms with E-state index in [1.165, 1.54) is 31.1 Å². The van der Waals surface area contributed by atoms with Gasteiger partial charge in [0.1, 0.15) is 6.29 Å². The number of carbonyl (C=O) groups is 1. The van der Waals surface area contributed by atoms with Gasteiger partial charge in [-0.2, -0.15) is 0 Å². The van der Waals surface area contributed by atoms with Crippen LogP contribution in [-0.2, 0) is 4.79 Å². The molecule has 1 heteroatoms. The monoisotopic (exact) mass is 192 g/mol. The molecule has 0 amide bonds. The molecule has 1 saturated carbocycles. The second-order valence-electron chi connectivity index (χ2n) is 5.54. The van der Waals surface area contributed by atoms with Crippen molar-refractivity contribution in [3.8, 4) is 0 Å². The summed E-state index contributed by atoms with van der Waals surface area (Å²) in [5, 5.41) is 0. The Hall–Kier alpha value is -0.590. The van der Waals surface area contributed by atoms with Crippen LogP contribution in [0, 0.1) is 17.3 Å². The van der Waals surface area contributed by atoms with Crippen molar-refractivity contribution >= 4 is 6.29 Å². The molecule has 2 aliphatic carbocycles. The normalized spacial score (nSPS) is 31.9. The van der Waals surface area contributed by atoms with Gasteiger partial charge < -0.3 is 4.79 Å². The van der Waals surface area contributed by atoms with Gasteiger partial charge in [0.25, 0.3) is 0 Å². The molecule has 2 rings (SSSR count). The summed E-state index contributed by atoms with van der Waals surface area (Å²) in [5.74, 6) is 0.984. The summed E-state index contributed by atoms with van der Waals surface area (Å²) in [4.78, 5) is 11.0. The molecule has 78 valence electrons. The van der Waals surface area contributed by atoms with Crippen molar-refractivity contribution in [2.75, 3.05) is 0 Å². The Morgan fingerprint density at radius 3 is 2.57 bits per heavy atom. The number of hydrogen-bond acceptors (Lipinski definition) is 1. The van der Waals surface area contributed by atoms with Gasteiger partial charge in [0.15, 0.2) is 0 Å². The molecule has 1 fully saturated rings. The quantitative estimate of drug-likeness (QED) is 0.484. The summed E-state index contributed by atoms with van der Waals surface area (Å²) in [7, 11) is 0. The molecule has 0 spiro atoms. The van der Waals surface area contributed by atoms with E-state index < -0.39 is 0 Å². The van der Waals surface area contributed by atoms with E-state index in [0.29, 0.717) is 5.41 Å². The van der Waals surface area contributed by atoms with Crippen molar-refractivity contribution in [3.63, 3.8) is 0 Å². The molecular formula is C13H20O. The zero-order chi connectivity index (χ0) is 10.2. The number of allylic oxidation sites excluding steroid dienone is 2. The zero-order valence-electron chi connectivity index (χ0n) is 9.25. The Balaban J connectivity index is 2.20. The lowest BCUT2D eigenvalue weighted by Gasteiger charge is -2.38. The summed E-state index contributed by atoms with van der Waals surface area (Å²) >= 11 is 0. The van der Waals surface area contributed by atoms with E-state index in [1.807, 2.05) is 0 Å². The Labute approximate surface area is 86.6 Å². The van der Waals surface area contributed by atoms with E-state index in [9.17, 15) is 4.79 Å². The van der Waals surface area contributed by atoms with E-state index in [-0.39, 0.29) is 5.92 Å². The van der Waals surface area contributed by atoms with Crippen LogP contribution >= 0.6 is 0 Å². The molecule has 0 bridgehead atoms. The van der Waals surface area contributed by atoms with E-state index in [0.717, 1.165) is 18.8 Å². The molecule has 2 aliphatic rings. The average molecular weight is 192 g/mol. The molecule has 0 aromatic rings. The number of carbonyl (C=O) groups excluding carboxylic acids is 1. The Morgan fingerprint density at radius 1 is 1.36 bits per heavy atom. The number of hydrogen-bond donors (Lipinski definition) is 0. The van der Waals surface area contributed by atoms with Gasteiger partial charge in [-0.1, -0.05) is 31.9 Å². The van der Waals surface area contributed by atoms with Gasteiger partial charge in [-0.05, 0) is 37.0 Å². The van der Waals surface area contributed by atoms with Crippen LogP contribution in [0.3, 0.4) is 0 Å². The predicted octanol–water partition coefficient (Wildman–Crippen LogP) is 3.35. The first-order valence-electron chi connectivity index (χ1n) is 5.80. The third-order valence-corrected chi connectivity index (χ3v) is 3.83. The van der Waals surface area contributed by atoms with Crippen molar-refractivity contribution in [1.29, 1.82) is 0 Å². The highest BCUT2D eigenvalue weighted by Crippen LogP contribution is 2.44. The topological polar surface area (TPSA) is 17.1 Å².